The quantitative estimate of drug-likeness (QED) is 0.348. The largest absolute Gasteiger partial charge is 0.757 e. The van der Waals surface area contributed by atoms with Crippen LogP contribution in [-0.4, -0.2) is 29.3 Å². The van der Waals surface area contributed by atoms with Crippen molar-refractivity contribution in [2.24, 2.45) is 0 Å². The summed E-state index contributed by atoms with van der Waals surface area (Å²) in [6.45, 7) is 0. The molecule has 4 nitrogen and oxygen atoms in total. The Hall–Kier alpha value is -0.390. The van der Waals surface area contributed by atoms with E-state index in [1.807, 2.05) is 0 Å². The zero-order chi connectivity index (χ0) is 6.73. The molecular weight excluding hydrogens is 128 g/mol. The van der Waals surface area contributed by atoms with Gasteiger partial charge in [0.2, 0.25) is 0 Å². The molecule has 0 aliphatic rings. The molecule has 8 heavy (non-hydrogen) atoms. The van der Waals surface area contributed by atoms with Gasteiger partial charge in [0.05, 0.1) is 0 Å². The standard InChI is InChI=1S/C3H6N2O2S/c1-4(6)3(8)5(2)7/h1-2H3/q-2. The summed E-state index contributed by atoms with van der Waals surface area (Å²) in [4.78, 5) is 0. The second kappa shape index (κ2) is 2.81. The molecule has 0 fully saturated rings. The van der Waals surface area contributed by atoms with E-state index < -0.39 is 0 Å². The van der Waals surface area contributed by atoms with Crippen LogP contribution in [0.25, 0.3) is 0 Å². The van der Waals surface area contributed by atoms with Crippen LogP contribution < -0.4 is 0 Å². The molecule has 0 saturated carbocycles. The molecule has 0 saturated heterocycles. The van der Waals surface area contributed by atoms with Gasteiger partial charge in [-0.3, -0.25) is 0 Å². The molecule has 0 aliphatic heterocycles. The van der Waals surface area contributed by atoms with Crippen LogP contribution >= 0.6 is 12.2 Å². The molecule has 0 N–H and O–H groups in total. The second-order valence-corrected chi connectivity index (χ2v) is 1.64. The van der Waals surface area contributed by atoms with E-state index in [0.29, 0.717) is 10.1 Å². The first kappa shape index (κ1) is 7.61. The molecule has 0 aromatic heterocycles. The third kappa shape index (κ3) is 2.06. The van der Waals surface area contributed by atoms with E-state index in [0.717, 1.165) is 0 Å². The molecule has 0 aliphatic carbocycles. The van der Waals surface area contributed by atoms with Crippen molar-refractivity contribution in [2.75, 3.05) is 14.1 Å². The van der Waals surface area contributed by atoms with Crippen molar-refractivity contribution in [3.63, 3.8) is 0 Å². The number of hydroxylamine groups is 4. The summed E-state index contributed by atoms with van der Waals surface area (Å²) in [5, 5.41) is 20.6. The van der Waals surface area contributed by atoms with E-state index in [4.69, 9.17) is 0 Å². The smallest absolute Gasteiger partial charge is 0.149 e. The van der Waals surface area contributed by atoms with Gasteiger partial charge in [0, 0.05) is 0 Å². The lowest BCUT2D eigenvalue weighted by atomic mass is 10.9. The Morgan fingerprint density at radius 3 is 1.50 bits per heavy atom. The highest BCUT2D eigenvalue weighted by Crippen LogP contribution is 1.87. The molecule has 0 atom stereocenters. The van der Waals surface area contributed by atoms with Crippen LogP contribution in [0, 0.1) is 10.4 Å². The van der Waals surface area contributed by atoms with Crippen molar-refractivity contribution in [1.82, 2.24) is 10.1 Å². The van der Waals surface area contributed by atoms with E-state index in [-0.39, 0.29) is 5.11 Å². The van der Waals surface area contributed by atoms with E-state index in [1.165, 1.54) is 14.1 Å². The topological polar surface area (TPSA) is 52.6 Å². The Morgan fingerprint density at radius 1 is 1.25 bits per heavy atom. The number of rotatable bonds is 0. The van der Waals surface area contributed by atoms with Gasteiger partial charge in [0.25, 0.3) is 0 Å². The Bertz CT molecular complexity index is 83.3. The second-order valence-electron chi connectivity index (χ2n) is 1.28. The van der Waals surface area contributed by atoms with Crippen molar-refractivity contribution in [3.8, 4) is 0 Å². The van der Waals surface area contributed by atoms with Gasteiger partial charge in [-0.1, -0.05) is 0 Å². The zero-order valence-electron chi connectivity index (χ0n) is 4.62. The minimum atomic E-state index is -0.259. The molecule has 0 aromatic rings. The zero-order valence-corrected chi connectivity index (χ0v) is 5.44. The predicted molar refractivity (Wildman–Crippen MR) is 34.9 cm³/mol. The van der Waals surface area contributed by atoms with Crippen LogP contribution in [0.2, 0.25) is 0 Å². The van der Waals surface area contributed by atoms with Gasteiger partial charge in [-0.15, -0.1) is 0 Å². The molecule has 0 aromatic carbocycles. The van der Waals surface area contributed by atoms with E-state index in [1.54, 1.807) is 0 Å². The molecule has 0 radical (unpaired) electrons. The Labute approximate surface area is 52.8 Å². The fraction of sp³-hybridized carbons (Fsp3) is 0.667. The maximum absolute atomic E-state index is 10.1. The van der Waals surface area contributed by atoms with Gasteiger partial charge >= 0.3 is 0 Å². The highest BCUT2D eigenvalue weighted by atomic mass is 32.1. The third-order valence-electron chi connectivity index (χ3n) is 0.539. The van der Waals surface area contributed by atoms with E-state index >= 15 is 0 Å². The SMILES string of the molecule is CN([O-])C(=S)N(C)[O-]. The lowest BCUT2D eigenvalue weighted by Gasteiger charge is -2.35. The average Bonchev–Trinajstić information content (AvgIpc) is 1.64. The normalized spacial score (nSPS) is 8.50. The molecule has 0 rings (SSSR count). The first-order valence-electron chi connectivity index (χ1n) is 1.91. The van der Waals surface area contributed by atoms with Crippen LogP contribution in [0.1, 0.15) is 0 Å². The average molecular weight is 134 g/mol. The summed E-state index contributed by atoms with van der Waals surface area (Å²) in [7, 11) is 2.35. The first-order valence-corrected chi connectivity index (χ1v) is 2.32. The van der Waals surface area contributed by atoms with Crippen LogP contribution in [0.5, 0.6) is 0 Å². The fourth-order valence-corrected chi connectivity index (χ4v) is 0.198. The third-order valence-corrected chi connectivity index (χ3v) is 1.05. The summed E-state index contributed by atoms with van der Waals surface area (Å²) in [6, 6.07) is 0. The van der Waals surface area contributed by atoms with Crippen LogP contribution in [0.3, 0.4) is 0 Å². The van der Waals surface area contributed by atoms with Crippen molar-refractivity contribution in [2.45, 2.75) is 0 Å². The maximum Gasteiger partial charge on any atom is 0.149 e. The van der Waals surface area contributed by atoms with Gasteiger partial charge in [-0.05, 0) is 26.3 Å². The van der Waals surface area contributed by atoms with Crippen molar-refractivity contribution in [3.05, 3.63) is 10.4 Å². The van der Waals surface area contributed by atoms with Crippen molar-refractivity contribution < 1.29 is 0 Å². The molecule has 0 heterocycles. The summed E-state index contributed by atoms with van der Waals surface area (Å²) < 4.78 is 0. The molecule has 0 spiro atoms. The monoisotopic (exact) mass is 134 g/mol. The van der Waals surface area contributed by atoms with Crippen molar-refractivity contribution >= 4 is 17.3 Å². The first-order chi connectivity index (χ1) is 3.55. The molecule has 0 amide bonds. The lowest BCUT2D eigenvalue weighted by Crippen LogP contribution is -2.30. The molecule has 48 valence electrons. The molecule has 0 bridgehead atoms. The van der Waals surface area contributed by atoms with E-state index in [9.17, 15) is 10.4 Å². The summed E-state index contributed by atoms with van der Waals surface area (Å²) in [6.07, 6.45) is 0. The van der Waals surface area contributed by atoms with Crippen LogP contribution in [0.15, 0.2) is 0 Å². The highest BCUT2D eigenvalue weighted by molar-refractivity contribution is 7.80. The summed E-state index contributed by atoms with van der Waals surface area (Å²) in [5.74, 6) is 0. The van der Waals surface area contributed by atoms with E-state index in [2.05, 4.69) is 12.2 Å². The van der Waals surface area contributed by atoms with Gasteiger partial charge < -0.3 is 20.5 Å². The number of nitrogens with zero attached hydrogens (tertiary/aromatic N) is 2. The number of hydrogen-bond donors (Lipinski definition) is 0. The van der Waals surface area contributed by atoms with Crippen LogP contribution in [-0.2, 0) is 0 Å². The van der Waals surface area contributed by atoms with Gasteiger partial charge in [-0.25, -0.2) is 0 Å². The molecule has 0 unspecified atom stereocenters. The molecular formula is C3H6N2O2S-2. The predicted octanol–water partition coefficient (Wildman–Crippen LogP) is 0.130. The Kier molecular flexibility index (Phi) is 2.67. The maximum atomic E-state index is 10.1. The van der Waals surface area contributed by atoms with Crippen LogP contribution in [0.4, 0.5) is 0 Å². The lowest BCUT2D eigenvalue weighted by molar-refractivity contribution is 0.568. The highest BCUT2D eigenvalue weighted by Gasteiger charge is 1.87. The molecule has 5 heteroatoms. The minimum Gasteiger partial charge on any atom is -0.757 e. The fourth-order valence-electron chi connectivity index (χ4n) is 0.198. The minimum absolute atomic E-state index is 0.259. The Morgan fingerprint density at radius 2 is 1.50 bits per heavy atom. The summed E-state index contributed by atoms with van der Waals surface area (Å²) >= 11 is 4.33. The van der Waals surface area contributed by atoms with Gasteiger partial charge in [0.15, 0.2) is 0 Å². The van der Waals surface area contributed by atoms with Crippen molar-refractivity contribution in [1.29, 1.82) is 0 Å². The number of thiocarbonyl (C=S) groups is 1. The van der Waals surface area contributed by atoms with Gasteiger partial charge in [0.1, 0.15) is 5.11 Å². The van der Waals surface area contributed by atoms with Gasteiger partial charge in [-0.2, -0.15) is 0 Å². The number of hydrogen-bond acceptors (Lipinski definition) is 3. The summed E-state index contributed by atoms with van der Waals surface area (Å²) in [5.41, 5.74) is 0. The Balaban J connectivity index is 3.65.